The number of aromatic nitrogens is 2. The Labute approximate surface area is 159 Å². The van der Waals surface area contributed by atoms with E-state index in [4.69, 9.17) is 0 Å². The molecule has 2 aromatic heterocycles. The van der Waals surface area contributed by atoms with E-state index in [9.17, 15) is 4.79 Å². The second kappa shape index (κ2) is 8.56. The number of carbonyl (C=O) groups excluding carboxylic acids is 1. The second-order valence-corrected chi connectivity index (χ2v) is 7.30. The summed E-state index contributed by atoms with van der Waals surface area (Å²) in [4.78, 5) is 22.8. The van der Waals surface area contributed by atoms with Crippen molar-refractivity contribution in [2.75, 3.05) is 19.6 Å². The average molecular weight is 366 g/mol. The SMILES string of the molecule is O=C(NCC1CCN(C2CC(c3cccnc3)NN2)CC1)c1ccncc1. The van der Waals surface area contributed by atoms with E-state index in [-0.39, 0.29) is 5.91 Å². The maximum atomic E-state index is 12.2. The zero-order valence-electron chi connectivity index (χ0n) is 15.3. The molecule has 3 N–H and O–H groups in total. The van der Waals surface area contributed by atoms with Crippen molar-refractivity contribution in [1.29, 1.82) is 0 Å². The van der Waals surface area contributed by atoms with Crippen molar-refractivity contribution in [3.8, 4) is 0 Å². The predicted octanol–water partition coefficient (Wildman–Crippen LogP) is 1.48. The first-order chi connectivity index (χ1) is 13.3. The molecular formula is C20H26N6O. The number of piperidine rings is 1. The van der Waals surface area contributed by atoms with Crippen LogP contribution in [0.25, 0.3) is 0 Å². The molecule has 7 nitrogen and oxygen atoms in total. The molecule has 2 atom stereocenters. The number of hydrogen-bond donors (Lipinski definition) is 3. The predicted molar refractivity (Wildman–Crippen MR) is 103 cm³/mol. The molecule has 0 radical (unpaired) electrons. The first-order valence-electron chi connectivity index (χ1n) is 9.63. The summed E-state index contributed by atoms with van der Waals surface area (Å²) < 4.78 is 0. The lowest BCUT2D eigenvalue weighted by Crippen LogP contribution is -2.49. The van der Waals surface area contributed by atoms with Gasteiger partial charge in [-0.15, -0.1) is 0 Å². The minimum atomic E-state index is -0.0131. The average Bonchev–Trinajstić information content (AvgIpc) is 3.24. The van der Waals surface area contributed by atoms with Crippen LogP contribution in [-0.2, 0) is 0 Å². The van der Waals surface area contributed by atoms with Crippen LogP contribution in [0.5, 0.6) is 0 Å². The van der Waals surface area contributed by atoms with Gasteiger partial charge in [0.1, 0.15) is 0 Å². The van der Waals surface area contributed by atoms with E-state index < -0.39 is 0 Å². The quantitative estimate of drug-likeness (QED) is 0.744. The summed E-state index contributed by atoms with van der Waals surface area (Å²) in [6, 6.07) is 7.90. The van der Waals surface area contributed by atoms with Crippen molar-refractivity contribution in [3.05, 3.63) is 60.2 Å². The van der Waals surface area contributed by atoms with Crippen molar-refractivity contribution >= 4 is 5.91 Å². The molecule has 4 rings (SSSR count). The first kappa shape index (κ1) is 18.0. The standard InChI is InChI=1S/C20H26N6O/c27-20(16-3-8-21-9-4-16)23-13-15-5-10-26(11-6-15)19-12-18(24-25-19)17-2-1-7-22-14-17/h1-4,7-9,14-15,18-19,24-25H,5-6,10-13H2,(H,23,27). The molecule has 1 amide bonds. The Balaban J connectivity index is 1.21. The third kappa shape index (κ3) is 4.50. The number of nitrogens with zero attached hydrogens (tertiary/aromatic N) is 3. The van der Waals surface area contributed by atoms with Gasteiger partial charge in [-0.2, -0.15) is 0 Å². The molecule has 27 heavy (non-hydrogen) atoms. The molecule has 4 heterocycles. The van der Waals surface area contributed by atoms with Crippen LogP contribution >= 0.6 is 0 Å². The number of hydrogen-bond acceptors (Lipinski definition) is 6. The molecule has 0 aromatic carbocycles. The van der Waals surface area contributed by atoms with E-state index in [0.29, 0.717) is 23.7 Å². The molecule has 0 saturated carbocycles. The van der Waals surface area contributed by atoms with Gasteiger partial charge in [0.05, 0.1) is 12.2 Å². The van der Waals surface area contributed by atoms with Crippen molar-refractivity contribution < 1.29 is 4.79 Å². The van der Waals surface area contributed by atoms with Gasteiger partial charge in [0.15, 0.2) is 0 Å². The normalized spacial score (nSPS) is 24.0. The minimum Gasteiger partial charge on any atom is -0.352 e. The van der Waals surface area contributed by atoms with Gasteiger partial charge >= 0.3 is 0 Å². The summed E-state index contributed by atoms with van der Waals surface area (Å²) in [5, 5.41) is 3.06. The van der Waals surface area contributed by atoms with Gasteiger partial charge in [0.25, 0.3) is 5.91 Å². The van der Waals surface area contributed by atoms with Crippen molar-refractivity contribution in [2.24, 2.45) is 5.92 Å². The fourth-order valence-corrected chi connectivity index (χ4v) is 3.89. The lowest BCUT2D eigenvalue weighted by molar-refractivity contribution is 0.0914. The van der Waals surface area contributed by atoms with Gasteiger partial charge in [-0.3, -0.25) is 19.7 Å². The Morgan fingerprint density at radius 1 is 1.11 bits per heavy atom. The van der Waals surface area contributed by atoms with E-state index in [2.05, 4.69) is 37.1 Å². The zero-order chi connectivity index (χ0) is 18.5. The van der Waals surface area contributed by atoms with Crippen LogP contribution in [0.2, 0.25) is 0 Å². The molecule has 0 spiro atoms. The molecule has 142 valence electrons. The second-order valence-electron chi connectivity index (χ2n) is 7.30. The number of pyridine rings is 2. The van der Waals surface area contributed by atoms with Crippen LogP contribution in [0.1, 0.15) is 41.2 Å². The number of likely N-dealkylation sites (tertiary alicyclic amines) is 1. The van der Waals surface area contributed by atoms with Crippen molar-refractivity contribution in [2.45, 2.75) is 31.5 Å². The van der Waals surface area contributed by atoms with Crippen molar-refractivity contribution in [3.63, 3.8) is 0 Å². The molecule has 2 saturated heterocycles. The van der Waals surface area contributed by atoms with Gasteiger partial charge in [0.2, 0.25) is 0 Å². The highest BCUT2D eigenvalue weighted by atomic mass is 16.1. The lowest BCUT2D eigenvalue weighted by atomic mass is 9.95. The summed E-state index contributed by atoms with van der Waals surface area (Å²) in [6.07, 6.45) is 10.6. The van der Waals surface area contributed by atoms with Crippen LogP contribution in [0.3, 0.4) is 0 Å². The number of carbonyl (C=O) groups is 1. The molecule has 2 aliphatic rings. The summed E-state index contributed by atoms with van der Waals surface area (Å²) in [6.45, 7) is 2.84. The maximum absolute atomic E-state index is 12.2. The van der Waals surface area contributed by atoms with E-state index in [0.717, 1.165) is 38.9 Å². The Hall–Kier alpha value is -2.35. The fraction of sp³-hybridized carbons (Fsp3) is 0.450. The summed E-state index contributed by atoms with van der Waals surface area (Å²) in [5.41, 5.74) is 8.72. The highest BCUT2D eigenvalue weighted by Gasteiger charge is 2.31. The highest BCUT2D eigenvalue weighted by molar-refractivity contribution is 5.93. The summed E-state index contributed by atoms with van der Waals surface area (Å²) in [7, 11) is 0. The summed E-state index contributed by atoms with van der Waals surface area (Å²) in [5.74, 6) is 0.524. The molecule has 7 heteroatoms. The third-order valence-electron chi connectivity index (χ3n) is 5.55. The number of rotatable bonds is 5. The summed E-state index contributed by atoms with van der Waals surface area (Å²) >= 11 is 0. The van der Waals surface area contributed by atoms with Crippen LogP contribution in [0, 0.1) is 5.92 Å². The molecule has 2 unspecified atom stereocenters. The van der Waals surface area contributed by atoms with Crippen molar-refractivity contribution in [1.82, 2.24) is 31.0 Å². The Morgan fingerprint density at radius 2 is 1.93 bits per heavy atom. The van der Waals surface area contributed by atoms with E-state index in [1.165, 1.54) is 5.56 Å². The van der Waals surface area contributed by atoms with Gasteiger partial charge in [0, 0.05) is 36.9 Å². The smallest absolute Gasteiger partial charge is 0.251 e. The molecule has 2 aliphatic heterocycles. The van der Waals surface area contributed by atoms with Gasteiger partial charge < -0.3 is 5.32 Å². The maximum Gasteiger partial charge on any atom is 0.251 e. The molecule has 0 bridgehead atoms. The Bertz CT molecular complexity index is 733. The number of amides is 1. The van der Waals surface area contributed by atoms with Crippen LogP contribution in [0.15, 0.2) is 49.1 Å². The van der Waals surface area contributed by atoms with Crippen LogP contribution in [-0.4, -0.2) is 46.6 Å². The number of nitrogens with one attached hydrogen (secondary N) is 3. The minimum absolute atomic E-state index is 0.0131. The largest absolute Gasteiger partial charge is 0.352 e. The van der Waals surface area contributed by atoms with Gasteiger partial charge in [-0.1, -0.05) is 6.07 Å². The van der Waals surface area contributed by atoms with Crippen LogP contribution < -0.4 is 16.2 Å². The van der Waals surface area contributed by atoms with E-state index in [1.807, 2.05) is 18.5 Å². The molecule has 2 fully saturated rings. The molecule has 0 aliphatic carbocycles. The Morgan fingerprint density at radius 3 is 2.67 bits per heavy atom. The lowest BCUT2D eigenvalue weighted by Gasteiger charge is -2.35. The van der Waals surface area contributed by atoms with E-state index >= 15 is 0 Å². The van der Waals surface area contributed by atoms with Gasteiger partial charge in [-0.25, -0.2) is 10.9 Å². The third-order valence-corrected chi connectivity index (χ3v) is 5.55. The topological polar surface area (TPSA) is 82.2 Å². The first-order valence-corrected chi connectivity index (χ1v) is 9.63. The van der Waals surface area contributed by atoms with E-state index in [1.54, 1.807) is 24.5 Å². The zero-order valence-corrected chi connectivity index (χ0v) is 15.3. The van der Waals surface area contributed by atoms with Crippen LogP contribution in [0.4, 0.5) is 0 Å². The molecule has 2 aromatic rings. The fourth-order valence-electron chi connectivity index (χ4n) is 3.89. The highest BCUT2D eigenvalue weighted by Crippen LogP contribution is 2.26. The molecular weight excluding hydrogens is 340 g/mol. The monoisotopic (exact) mass is 366 g/mol. The Kier molecular flexibility index (Phi) is 5.72. The number of hydrazine groups is 1. The van der Waals surface area contributed by atoms with Gasteiger partial charge in [-0.05, 0) is 62.0 Å².